The summed E-state index contributed by atoms with van der Waals surface area (Å²) in [5.74, 6) is 0.875. The monoisotopic (exact) mass is 393 g/mol. The van der Waals surface area contributed by atoms with Crippen LogP contribution in [0.3, 0.4) is 0 Å². The summed E-state index contributed by atoms with van der Waals surface area (Å²) >= 11 is 0. The van der Waals surface area contributed by atoms with Gasteiger partial charge in [-0.15, -0.1) is 12.1 Å². The molecule has 26 heavy (non-hydrogen) atoms. The number of carbonyl (C=O) groups excluding carboxylic acids is 1. The minimum atomic E-state index is -0.745. The topological polar surface area (TPSA) is 121 Å². The first kappa shape index (κ1) is 30.0. The zero-order valence-electron chi connectivity index (χ0n) is 15.6. The molecule has 144 valence electrons. The van der Waals surface area contributed by atoms with Crippen LogP contribution in [0.25, 0.3) is 0 Å². The first-order valence-corrected chi connectivity index (χ1v) is 8.28. The van der Waals surface area contributed by atoms with Gasteiger partial charge in [-0.2, -0.15) is 31.0 Å². The van der Waals surface area contributed by atoms with Gasteiger partial charge in [0.2, 0.25) is 0 Å². The maximum atomic E-state index is 10.4. The minimum Gasteiger partial charge on any atom is -0.520 e. The standard InChI is InChI=1S/C9H14NO.C7H7.C3H6O2.Ca.2H2O/c11-7-10-5-8-3-1-2-4-9(8)6-10;1-7-5-3-2-4-6-7;1-2-3(4)5;;;/h8-9H,1-6H2;2-6H,1H2;2H2,1H3,(H,4,5);;2*1H2/q2*-1;;+2;;. The predicted octanol–water partition coefficient (Wildman–Crippen LogP) is 1.50. The molecule has 1 heterocycles. The maximum absolute atomic E-state index is 10.4. The Kier molecular flexibility index (Phi) is 20.3. The normalized spacial score (nSPS) is 19.3. The van der Waals surface area contributed by atoms with Crippen LogP contribution < -0.4 is 0 Å². The SMILES string of the molecule is CCC(=O)O.O.O.O=[C-]N1CC2CCCCC2C1.[CH2-]c1ccccc1.[Ca+2]. The Morgan fingerprint density at radius 1 is 1.15 bits per heavy atom. The van der Waals surface area contributed by atoms with E-state index in [1.165, 1.54) is 25.7 Å². The van der Waals surface area contributed by atoms with Gasteiger partial charge in [-0.3, -0.25) is 4.79 Å². The van der Waals surface area contributed by atoms with Crippen molar-refractivity contribution in [1.82, 2.24) is 4.90 Å². The number of carboxylic acids is 1. The smallest absolute Gasteiger partial charge is 0.520 e. The van der Waals surface area contributed by atoms with Gasteiger partial charge in [0.05, 0.1) is 0 Å². The van der Waals surface area contributed by atoms with Crippen LogP contribution in [0, 0.1) is 18.8 Å². The number of amides is 1. The van der Waals surface area contributed by atoms with Gasteiger partial charge in [0.15, 0.2) is 0 Å². The molecule has 1 aromatic rings. The van der Waals surface area contributed by atoms with Crippen molar-refractivity contribution >= 4 is 50.1 Å². The van der Waals surface area contributed by atoms with Crippen molar-refractivity contribution in [1.29, 1.82) is 0 Å². The van der Waals surface area contributed by atoms with Gasteiger partial charge < -0.3 is 25.8 Å². The summed E-state index contributed by atoms with van der Waals surface area (Å²) in [7, 11) is 0. The van der Waals surface area contributed by atoms with Crippen molar-refractivity contribution < 1.29 is 25.6 Å². The minimum absolute atomic E-state index is 0. The summed E-state index contributed by atoms with van der Waals surface area (Å²) in [6.45, 7) is 7.28. The zero-order valence-corrected chi connectivity index (χ0v) is 17.8. The summed E-state index contributed by atoms with van der Waals surface area (Å²) in [6, 6.07) is 9.87. The van der Waals surface area contributed by atoms with Crippen molar-refractivity contribution in [3.63, 3.8) is 0 Å². The summed E-state index contributed by atoms with van der Waals surface area (Å²) < 4.78 is 0. The molecule has 1 saturated heterocycles. The number of carboxylic acid groups (broad SMARTS) is 1. The molecule has 2 fully saturated rings. The number of hydrogen-bond donors (Lipinski definition) is 1. The molecule has 1 amide bonds. The summed E-state index contributed by atoms with van der Waals surface area (Å²) in [4.78, 5) is 21.5. The van der Waals surface area contributed by atoms with E-state index in [1.807, 2.05) is 41.6 Å². The quantitative estimate of drug-likeness (QED) is 0.605. The third-order valence-electron chi connectivity index (χ3n) is 4.25. The van der Waals surface area contributed by atoms with E-state index < -0.39 is 5.97 Å². The fourth-order valence-electron chi connectivity index (χ4n) is 2.96. The Morgan fingerprint density at radius 3 is 1.85 bits per heavy atom. The molecule has 3 rings (SSSR count). The van der Waals surface area contributed by atoms with Gasteiger partial charge in [0.25, 0.3) is 0 Å². The molecule has 7 heteroatoms. The second-order valence-corrected chi connectivity index (χ2v) is 6.03. The Labute approximate surface area is 186 Å². The van der Waals surface area contributed by atoms with Crippen LogP contribution in [0.5, 0.6) is 0 Å². The molecule has 0 spiro atoms. The summed E-state index contributed by atoms with van der Waals surface area (Å²) in [6.07, 6.45) is 7.64. The number of benzene rings is 1. The largest absolute Gasteiger partial charge is 2.00 e. The molecule has 0 bridgehead atoms. The molecule has 0 radical (unpaired) electrons. The number of nitrogens with zero attached hydrogens (tertiary/aromatic N) is 1. The van der Waals surface area contributed by atoms with Gasteiger partial charge in [0, 0.05) is 6.42 Å². The number of fused-ring (bicyclic) bond motifs is 1. The van der Waals surface area contributed by atoms with Gasteiger partial charge in [0.1, 0.15) is 0 Å². The van der Waals surface area contributed by atoms with Crippen molar-refractivity contribution in [3.8, 4) is 0 Å². The molecule has 6 nitrogen and oxygen atoms in total. The average molecular weight is 394 g/mol. The van der Waals surface area contributed by atoms with Crippen LogP contribution in [-0.2, 0) is 9.59 Å². The molecule has 5 N–H and O–H groups in total. The van der Waals surface area contributed by atoms with Crippen LogP contribution in [0.1, 0.15) is 44.6 Å². The van der Waals surface area contributed by atoms with E-state index in [2.05, 4.69) is 6.92 Å². The molecule has 1 aliphatic carbocycles. The van der Waals surface area contributed by atoms with E-state index in [0.717, 1.165) is 30.5 Å². The van der Waals surface area contributed by atoms with E-state index in [9.17, 15) is 9.59 Å². The van der Waals surface area contributed by atoms with Crippen LogP contribution in [0.2, 0.25) is 0 Å². The van der Waals surface area contributed by atoms with E-state index in [-0.39, 0.29) is 55.1 Å². The Morgan fingerprint density at radius 2 is 1.58 bits per heavy atom. The number of aliphatic carboxylic acids is 1. The van der Waals surface area contributed by atoms with Crippen molar-refractivity contribution in [2.45, 2.75) is 39.0 Å². The Hall–Kier alpha value is -0.790. The second kappa shape index (κ2) is 17.6. The van der Waals surface area contributed by atoms with Gasteiger partial charge >= 0.3 is 43.7 Å². The zero-order chi connectivity index (χ0) is 17.1. The van der Waals surface area contributed by atoms with E-state index in [1.54, 1.807) is 6.92 Å². The summed E-state index contributed by atoms with van der Waals surface area (Å²) in [5, 5.41) is 7.72. The molecular formula is C19H31CaNO5. The van der Waals surface area contributed by atoms with Crippen molar-refractivity contribution in [2.75, 3.05) is 13.1 Å². The Bertz CT molecular complexity index is 458. The van der Waals surface area contributed by atoms with Gasteiger partial charge in [-0.05, 0) is 37.8 Å². The van der Waals surface area contributed by atoms with Crippen LogP contribution in [0.4, 0.5) is 0 Å². The predicted molar refractivity (Wildman–Crippen MR) is 105 cm³/mol. The van der Waals surface area contributed by atoms with Gasteiger partial charge in [-0.1, -0.05) is 25.8 Å². The third kappa shape index (κ3) is 12.5. The third-order valence-corrected chi connectivity index (χ3v) is 4.25. The van der Waals surface area contributed by atoms with E-state index in [4.69, 9.17) is 5.11 Å². The van der Waals surface area contributed by atoms with Crippen molar-refractivity contribution in [3.05, 3.63) is 42.8 Å². The van der Waals surface area contributed by atoms with Crippen LogP contribution >= 0.6 is 0 Å². The van der Waals surface area contributed by atoms with Gasteiger partial charge in [-0.25, -0.2) is 0 Å². The molecule has 2 unspecified atom stereocenters. The summed E-state index contributed by atoms with van der Waals surface area (Å²) in [5.41, 5.74) is 1.07. The molecule has 1 aromatic carbocycles. The van der Waals surface area contributed by atoms with Crippen LogP contribution in [-0.4, -0.2) is 84.2 Å². The number of rotatable bonds is 2. The Balaban J connectivity index is -0.000000313. The average Bonchev–Trinajstić information content (AvgIpc) is 3.00. The molecule has 1 saturated carbocycles. The molecule has 2 atom stereocenters. The fourth-order valence-corrected chi connectivity index (χ4v) is 2.96. The molecule has 1 aliphatic heterocycles. The van der Waals surface area contributed by atoms with Crippen LogP contribution in [0.15, 0.2) is 30.3 Å². The fraction of sp³-hybridized carbons (Fsp3) is 0.526. The number of likely N-dealkylation sites (tertiary alicyclic amines) is 1. The maximum Gasteiger partial charge on any atom is 2.00 e. The number of carbonyl (C=O) groups is 1. The van der Waals surface area contributed by atoms with Crippen molar-refractivity contribution in [2.24, 2.45) is 11.8 Å². The first-order valence-electron chi connectivity index (χ1n) is 8.28. The molecular weight excluding hydrogens is 362 g/mol. The molecule has 0 aromatic heterocycles. The van der Waals surface area contributed by atoms with E-state index in [0.29, 0.717) is 0 Å². The first-order chi connectivity index (χ1) is 11.1. The second-order valence-electron chi connectivity index (χ2n) is 6.03. The van der Waals surface area contributed by atoms with E-state index >= 15 is 0 Å². The molecule has 2 aliphatic rings. The number of hydrogen-bond acceptors (Lipinski definition) is 2.